The summed E-state index contributed by atoms with van der Waals surface area (Å²) in [4.78, 5) is 29.0. The smallest absolute Gasteiger partial charge is 0.324 e. The van der Waals surface area contributed by atoms with Crippen molar-refractivity contribution in [3.63, 3.8) is 0 Å². The van der Waals surface area contributed by atoms with Crippen LogP contribution in [0.1, 0.15) is 0 Å². The second-order valence-corrected chi connectivity index (χ2v) is 5.40. The standard InChI is InChI=1S/C14H13N3O2S/c18-13(17-8-7-15-14(17)19)9-20-12-6-5-10-3-1-2-4-11(10)16-12/h1-6H,7-9H2,(H,15,19). The molecule has 102 valence electrons. The lowest BCUT2D eigenvalue weighted by molar-refractivity contribution is -0.124. The largest absolute Gasteiger partial charge is 0.336 e. The van der Waals surface area contributed by atoms with Crippen molar-refractivity contribution in [3.05, 3.63) is 36.4 Å². The second-order valence-electron chi connectivity index (χ2n) is 4.41. The van der Waals surface area contributed by atoms with E-state index in [1.165, 1.54) is 16.7 Å². The van der Waals surface area contributed by atoms with Gasteiger partial charge >= 0.3 is 6.03 Å². The molecule has 2 aromatic rings. The van der Waals surface area contributed by atoms with Gasteiger partial charge in [0, 0.05) is 18.5 Å². The van der Waals surface area contributed by atoms with E-state index in [4.69, 9.17) is 0 Å². The molecule has 1 aliphatic rings. The zero-order valence-electron chi connectivity index (χ0n) is 10.7. The van der Waals surface area contributed by atoms with Gasteiger partial charge in [-0.25, -0.2) is 9.78 Å². The van der Waals surface area contributed by atoms with Crippen LogP contribution in [0.15, 0.2) is 41.4 Å². The number of fused-ring (bicyclic) bond motifs is 1. The average molecular weight is 287 g/mol. The molecule has 0 aliphatic carbocycles. The number of urea groups is 1. The van der Waals surface area contributed by atoms with Crippen LogP contribution in [-0.4, -0.2) is 40.7 Å². The minimum absolute atomic E-state index is 0.181. The van der Waals surface area contributed by atoms with Gasteiger partial charge in [0.05, 0.1) is 16.3 Å². The summed E-state index contributed by atoms with van der Waals surface area (Å²) in [7, 11) is 0. The minimum Gasteiger partial charge on any atom is -0.336 e. The molecule has 1 fully saturated rings. The van der Waals surface area contributed by atoms with E-state index in [0.29, 0.717) is 13.1 Å². The second kappa shape index (κ2) is 5.50. The molecule has 0 atom stereocenters. The van der Waals surface area contributed by atoms with Gasteiger partial charge in [-0.1, -0.05) is 36.0 Å². The normalized spacial score (nSPS) is 14.6. The van der Waals surface area contributed by atoms with Crippen molar-refractivity contribution in [2.45, 2.75) is 5.03 Å². The molecule has 0 saturated carbocycles. The molecule has 0 unspecified atom stereocenters. The van der Waals surface area contributed by atoms with Crippen LogP contribution in [0, 0.1) is 0 Å². The number of rotatable bonds is 3. The number of nitrogens with zero attached hydrogens (tertiary/aromatic N) is 2. The van der Waals surface area contributed by atoms with Crippen molar-refractivity contribution in [2.24, 2.45) is 0 Å². The van der Waals surface area contributed by atoms with Gasteiger partial charge in [0.1, 0.15) is 0 Å². The average Bonchev–Trinajstić information content (AvgIpc) is 2.91. The van der Waals surface area contributed by atoms with Crippen LogP contribution >= 0.6 is 11.8 Å². The molecule has 1 N–H and O–H groups in total. The minimum atomic E-state index is -0.304. The first-order chi connectivity index (χ1) is 9.74. The number of imide groups is 1. The van der Waals surface area contributed by atoms with Crippen LogP contribution < -0.4 is 5.32 Å². The molecule has 0 spiro atoms. The third-order valence-electron chi connectivity index (χ3n) is 3.07. The molecule has 1 saturated heterocycles. The Bertz CT molecular complexity index is 674. The van der Waals surface area contributed by atoms with E-state index in [0.717, 1.165) is 15.9 Å². The summed E-state index contributed by atoms with van der Waals surface area (Å²) in [6, 6.07) is 11.4. The highest BCUT2D eigenvalue weighted by atomic mass is 32.2. The number of amides is 3. The molecule has 20 heavy (non-hydrogen) atoms. The predicted molar refractivity (Wildman–Crippen MR) is 77.6 cm³/mol. The van der Waals surface area contributed by atoms with Gasteiger partial charge in [0.25, 0.3) is 0 Å². The van der Waals surface area contributed by atoms with Crippen LogP contribution in [0.2, 0.25) is 0 Å². The van der Waals surface area contributed by atoms with E-state index in [2.05, 4.69) is 10.3 Å². The lowest BCUT2D eigenvalue weighted by atomic mass is 10.2. The molecule has 0 bridgehead atoms. The Hall–Kier alpha value is -2.08. The maximum atomic E-state index is 11.9. The van der Waals surface area contributed by atoms with E-state index in [1.54, 1.807) is 0 Å². The zero-order valence-corrected chi connectivity index (χ0v) is 11.5. The number of carbonyl (C=O) groups excluding carboxylic acids is 2. The molecule has 2 heterocycles. The van der Waals surface area contributed by atoms with Gasteiger partial charge in [-0.05, 0) is 12.1 Å². The molecule has 1 aromatic carbocycles. The lowest BCUT2D eigenvalue weighted by Gasteiger charge is -2.11. The number of hydrogen-bond donors (Lipinski definition) is 1. The van der Waals surface area contributed by atoms with Gasteiger partial charge in [0.2, 0.25) is 5.91 Å². The predicted octanol–water partition coefficient (Wildman–Crippen LogP) is 1.88. The number of aromatic nitrogens is 1. The van der Waals surface area contributed by atoms with Crippen LogP contribution in [-0.2, 0) is 4.79 Å². The molecule has 6 heteroatoms. The van der Waals surface area contributed by atoms with Gasteiger partial charge in [0.15, 0.2) is 0 Å². The third-order valence-corrected chi connectivity index (χ3v) is 3.99. The molecule has 1 aliphatic heterocycles. The highest BCUT2D eigenvalue weighted by Gasteiger charge is 2.25. The van der Waals surface area contributed by atoms with Crippen molar-refractivity contribution >= 4 is 34.6 Å². The molecule has 1 aromatic heterocycles. The van der Waals surface area contributed by atoms with Crippen molar-refractivity contribution < 1.29 is 9.59 Å². The van der Waals surface area contributed by atoms with E-state index in [9.17, 15) is 9.59 Å². The van der Waals surface area contributed by atoms with E-state index in [1.807, 2.05) is 36.4 Å². The highest BCUT2D eigenvalue weighted by Crippen LogP contribution is 2.20. The summed E-state index contributed by atoms with van der Waals surface area (Å²) >= 11 is 1.35. The molecule has 3 rings (SSSR count). The number of pyridine rings is 1. The van der Waals surface area contributed by atoms with Crippen molar-refractivity contribution in [3.8, 4) is 0 Å². The third kappa shape index (κ3) is 2.60. The topological polar surface area (TPSA) is 62.3 Å². The van der Waals surface area contributed by atoms with Crippen LogP contribution in [0.3, 0.4) is 0 Å². The number of para-hydroxylation sites is 1. The number of benzene rings is 1. The van der Waals surface area contributed by atoms with Gasteiger partial charge in [-0.2, -0.15) is 0 Å². The molecule has 0 radical (unpaired) electrons. The summed E-state index contributed by atoms with van der Waals surface area (Å²) < 4.78 is 0. The Morgan fingerprint density at radius 3 is 2.95 bits per heavy atom. The lowest BCUT2D eigenvalue weighted by Crippen LogP contribution is -2.35. The van der Waals surface area contributed by atoms with Gasteiger partial charge in [-0.15, -0.1) is 0 Å². The summed E-state index contributed by atoms with van der Waals surface area (Å²) in [5.74, 6) is 0.0404. The Kier molecular flexibility index (Phi) is 3.56. The van der Waals surface area contributed by atoms with E-state index < -0.39 is 0 Å². The highest BCUT2D eigenvalue weighted by molar-refractivity contribution is 7.99. The maximum absolute atomic E-state index is 11.9. The van der Waals surface area contributed by atoms with Gasteiger partial charge in [-0.3, -0.25) is 9.69 Å². The number of thioether (sulfide) groups is 1. The Morgan fingerprint density at radius 1 is 1.30 bits per heavy atom. The van der Waals surface area contributed by atoms with Crippen molar-refractivity contribution in [1.82, 2.24) is 15.2 Å². The number of nitrogens with one attached hydrogen (secondary N) is 1. The van der Waals surface area contributed by atoms with Gasteiger partial charge < -0.3 is 5.32 Å². The summed E-state index contributed by atoms with van der Waals surface area (Å²) in [6.07, 6.45) is 0. The van der Waals surface area contributed by atoms with E-state index >= 15 is 0 Å². The quantitative estimate of drug-likeness (QED) is 0.876. The van der Waals surface area contributed by atoms with Crippen molar-refractivity contribution in [1.29, 1.82) is 0 Å². The molecular formula is C14H13N3O2S. The molecular weight excluding hydrogens is 274 g/mol. The van der Waals surface area contributed by atoms with Crippen LogP contribution in [0.25, 0.3) is 10.9 Å². The first kappa shape index (κ1) is 12.9. The first-order valence-electron chi connectivity index (χ1n) is 6.31. The Labute approximate surface area is 120 Å². The van der Waals surface area contributed by atoms with Crippen molar-refractivity contribution in [2.75, 3.05) is 18.8 Å². The molecule has 5 nitrogen and oxygen atoms in total. The fraction of sp³-hybridized carbons (Fsp3) is 0.214. The molecule has 3 amide bonds. The first-order valence-corrected chi connectivity index (χ1v) is 7.29. The Balaban J connectivity index is 1.67. The SMILES string of the molecule is O=C(CSc1ccc2ccccc2n1)N1CCNC1=O. The van der Waals surface area contributed by atoms with E-state index in [-0.39, 0.29) is 17.7 Å². The Morgan fingerprint density at radius 2 is 2.15 bits per heavy atom. The maximum Gasteiger partial charge on any atom is 0.324 e. The van der Waals surface area contributed by atoms with Crippen LogP contribution in [0.5, 0.6) is 0 Å². The fourth-order valence-electron chi connectivity index (χ4n) is 2.05. The van der Waals surface area contributed by atoms with Crippen LogP contribution in [0.4, 0.5) is 4.79 Å². The monoisotopic (exact) mass is 287 g/mol. The zero-order chi connectivity index (χ0) is 13.9. The fourth-order valence-corrected chi connectivity index (χ4v) is 2.81. The number of carbonyl (C=O) groups is 2. The number of hydrogen-bond acceptors (Lipinski definition) is 4. The summed E-state index contributed by atoms with van der Waals surface area (Å²) in [5, 5.41) is 4.47. The summed E-state index contributed by atoms with van der Waals surface area (Å²) in [6.45, 7) is 0.979. The summed E-state index contributed by atoms with van der Waals surface area (Å²) in [5.41, 5.74) is 0.906.